The molecule has 18 heavy (non-hydrogen) atoms. The van der Waals surface area contributed by atoms with E-state index in [0.717, 1.165) is 50.8 Å². The molecule has 4 heteroatoms. The van der Waals surface area contributed by atoms with E-state index in [9.17, 15) is 4.79 Å². The van der Waals surface area contributed by atoms with E-state index < -0.39 is 0 Å². The zero-order chi connectivity index (χ0) is 13.0. The molecule has 0 bridgehead atoms. The van der Waals surface area contributed by atoms with Crippen LogP contribution in [-0.2, 0) is 19.4 Å². The van der Waals surface area contributed by atoms with Crippen molar-refractivity contribution in [2.45, 2.75) is 45.1 Å². The summed E-state index contributed by atoms with van der Waals surface area (Å²) in [6.45, 7) is 4.49. The summed E-state index contributed by atoms with van der Waals surface area (Å²) in [5, 5.41) is 0. The average Bonchev–Trinajstić information content (AvgIpc) is 2.87. The lowest BCUT2D eigenvalue weighted by atomic mass is 10.1. The smallest absolute Gasteiger partial charge is 0.272 e. The summed E-state index contributed by atoms with van der Waals surface area (Å²) in [7, 11) is 1.62. The summed E-state index contributed by atoms with van der Waals surface area (Å²) in [5.74, 6) is 0.630. The van der Waals surface area contributed by atoms with E-state index >= 15 is 0 Å². The van der Waals surface area contributed by atoms with Crippen LogP contribution >= 0.6 is 0 Å². The maximum Gasteiger partial charge on any atom is 0.272 e. The minimum absolute atomic E-state index is 0.0712. The highest BCUT2D eigenvalue weighted by Gasteiger charge is 2.20. The van der Waals surface area contributed by atoms with E-state index in [0.29, 0.717) is 11.6 Å². The largest absolute Gasteiger partial charge is 0.480 e. The molecule has 0 spiro atoms. The molecular weight excluding hydrogens is 228 g/mol. The van der Waals surface area contributed by atoms with Gasteiger partial charge in [0.05, 0.1) is 12.8 Å². The average molecular weight is 248 g/mol. The Bertz CT molecular complexity index is 491. The fourth-order valence-corrected chi connectivity index (χ4v) is 2.42. The predicted molar refractivity (Wildman–Crippen MR) is 71.1 cm³/mol. The van der Waals surface area contributed by atoms with E-state index in [4.69, 9.17) is 4.74 Å². The molecule has 1 aromatic rings. The number of rotatable bonds is 6. The fraction of sp³-hybridized carbons (Fsp3) is 0.571. The molecule has 0 N–H and O–H groups in total. The molecule has 0 saturated heterocycles. The summed E-state index contributed by atoms with van der Waals surface area (Å²) in [6.07, 6.45) is 7.54. The molecule has 2 heterocycles. The second kappa shape index (κ2) is 5.85. The normalized spacial score (nSPS) is 13.4. The molecule has 0 fully saturated rings. The van der Waals surface area contributed by atoms with Crippen molar-refractivity contribution in [3.05, 3.63) is 34.4 Å². The van der Waals surface area contributed by atoms with Gasteiger partial charge in [0.1, 0.15) is 5.69 Å². The van der Waals surface area contributed by atoms with Crippen LogP contribution in [-0.4, -0.2) is 16.7 Å². The van der Waals surface area contributed by atoms with Crippen LogP contribution in [0.1, 0.15) is 37.1 Å². The first-order chi connectivity index (χ1) is 8.77. The molecule has 0 radical (unpaired) electrons. The monoisotopic (exact) mass is 248 g/mol. The summed E-state index contributed by atoms with van der Waals surface area (Å²) in [6, 6.07) is 0. The Hall–Kier alpha value is -1.58. The number of aromatic nitrogens is 2. The van der Waals surface area contributed by atoms with Gasteiger partial charge in [0.2, 0.25) is 5.88 Å². The van der Waals surface area contributed by atoms with Crippen LogP contribution in [0, 0.1) is 0 Å². The SMILES string of the molecule is C=CCCCCc1nc(OC)c2n(c1=O)CCC2. The van der Waals surface area contributed by atoms with Gasteiger partial charge in [0.15, 0.2) is 0 Å². The molecular formula is C14H20N2O2. The Labute approximate surface area is 107 Å². The van der Waals surface area contributed by atoms with Gasteiger partial charge in [-0.15, -0.1) is 6.58 Å². The Morgan fingerprint density at radius 2 is 2.33 bits per heavy atom. The number of allylic oxidation sites excluding steroid dienone is 1. The van der Waals surface area contributed by atoms with Gasteiger partial charge in [-0.1, -0.05) is 6.08 Å². The van der Waals surface area contributed by atoms with E-state index in [1.165, 1.54) is 0 Å². The minimum atomic E-state index is 0.0712. The highest BCUT2D eigenvalue weighted by Crippen LogP contribution is 2.21. The summed E-state index contributed by atoms with van der Waals surface area (Å²) in [5.41, 5.74) is 1.67. The number of fused-ring (bicyclic) bond motifs is 1. The number of hydrogen-bond donors (Lipinski definition) is 0. The molecule has 2 rings (SSSR count). The first-order valence-corrected chi connectivity index (χ1v) is 6.55. The van der Waals surface area contributed by atoms with Crippen molar-refractivity contribution < 1.29 is 4.74 Å². The van der Waals surface area contributed by atoms with Crippen LogP contribution in [0.25, 0.3) is 0 Å². The van der Waals surface area contributed by atoms with Crippen molar-refractivity contribution in [1.82, 2.24) is 9.55 Å². The number of ether oxygens (including phenoxy) is 1. The summed E-state index contributed by atoms with van der Waals surface area (Å²) < 4.78 is 7.12. The van der Waals surface area contributed by atoms with Crippen molar-refractivity contribution >= 4 is 0 Å². The molecule has 0 unspecified atom stereocenters. The number of aryl methyl sites for hydroxylation is 1. The molecule has 0 aromatic carbocycles. The van der Waals surface area contributed by atoms with Gasteiger partial charge in [0.25, 0.3) is 5.56 Å². The van der Waals surface area contributed by atoms with Crippen LogP contribution in [0.4, 0.5) is 0 Å². The lowest BCUT2D eigenvalue weighted by Gasteiger charge is -2.10. The number of nitrogens with zero attached hydrogens (tertiary/aromatic N) is 2. The van der Waals surface area contributed by atoms with Crippen molar-refractivity contribution in [3.8, 4) is 5.88 Å². The standard InChI is InChI=1S/C14H20N2O2/c1-3-4-5-6-8-11-14(17)16-10-7-9-12(16)13(15-11)18-2/h3H,1,4-10H2,2H3. The van der Waals surface area contributed by atoms with Crippen molar-refractivity contribution in [1.29, 1.82) is 0 Å². The van der Waals surface area contributed by atoms with E-state index in [1.54, 1.807) is 7.11 Å². The molecule has 1 aromatic heterocycles. The molecule has 1 aliphatic rings. The second-order valence-corrected chi connectivity index (χ2v) is 4.61. The Morgan fingerprint density at radius 1 is 1.50 bits per heavy atom. The van der Waals surface area contributed by atoms with Gasteiger partial charge in [-0.25, -0.2) is 4.98 Å². The third kappa shape index (κ3) is 2.47. The molecule has 0 atom stereocenters. The molecule has 0 aliphatic carbocycles. The zero-order valence-corrected chi connectivity index (χ0v) is 10.9. The quantitative estimate of drug-likeness (QED) is 0.572. The Morgan fingerprint density at radius 3 is 3.06 bits per heavy atom. The zero-order valence-electron chi connectivity index (χ0n) is 10.9. The number of hydrogen-bond acceptors (Lipinski definition) is 3. The van der Waals surface area contributed by atoms with Gasteiger partial charge in [-0.05, 0) is 38.5 Å². The molecule has 98 valence electrons. The third-order valence-corrected chi connectivity index (χ3v) is 3.36. The maximum absolute atomic E-state index is 12.2. The summed E-state index contributed by atoms with van der Waals surface area (Å²) >= 11 is 0. The fourth-order valence-electron chi connectivity index (χ4n) is 2.42. The minimum Gasteiger partial charge on any atom is -0.480 e. The van der Waals surface area contributed by atoms with Gasteiger partial charge in [-0.3, -0.25) is 4.79 Å². The highest BCUT2D eigenvalue weighted by molar-refractivity contribution is 5.24. The number of unbranched alkanes of at least 4 members (excludes halogenated alkanes) is 2. The lowest BCUT2D eigenvalue weighted by molar-refractivity contribution is 0.384. The number of methoxy groups -OCH3 is 1. The van der Waals surface area contributed by atoms with Gasteiger partial charge in [0, 0.05) is 6.54 Å². The van der Waals surface area contributed by atoms with Crippen molar-refractivity contribution in [3.63, 3.8) is 0 Å². The Balaban J connectivity index is 2.20. The molecule has 4 nitrogen and oxygen atoms in total. The van der Waals surface area contributed by atoms with Crippen molar-refractivity contribution in [2.24, 2.45) is 0 Å². The van der Waals surface area contributed by atoms with E-state index in [1.807, 2.05) is 10.6 Å². The second-order valence-electron chi connectivity index (χ2n) is 4.61. The molecule has 0 amide bonds. The van der Waals surface area contributed by atoms with Crippen LogP contribution in [0.3, 0.4) is 0 Å². The first kappa shape index (κ1) is 12.9. The highest BCUT2D eigenvalue weighted by atomic mass is 16.5. The third-order valence-electron chi connectivity index (χ3n) is 3.36. The van der Waals surface area contributed by atoms with Gasteiger partial charge < -0.3 is 9.30 Å². The Kier molecular flexibility index (Phi) is 4.18. The maximum atomic E-state index is 12.2. The van der Waals surface area contributed by atoms with Crippen LogP contribution in [0.5, 0.6) is 5.88 Å². The van der Waals surface area contributed by atoms with Crippen LogP contribution in [0.15, 0.2) is 17.4 Å². The van der Waals surface area contributed by atoms with Crippen LogP contribution in [0.2, 0.25) is 0 Å². The van der Waals surface area contributed by atoms with E-state index in [2.05, 4.69) is 11.6 Å². The molecule has 1 aliphatic heterocycles. The summed E-state index contributed by atoms with van der Waals surface area (Å²) in [4.78, 5) is 16.6. The predicted octanol–water partition coefficient (Wildman–Crippen LogP) is 2.10. The van der Waals surface area contributed by atoms with Crippen molar-refractivity contribution in [2.75, 3.05) is 7.11 Å². The van der Waals surface area contributed by atoms with Crippen LogP contribution < -0.4 is 10.3 Å². The first-order valence-electron chi connectivity index (χ1n) is 6.55. The molecule has 0 saturated carbocycles. The lowest BCUT2D eigenvalue weighted by Crippen LogP contribution is -2.25. The van der Waals surface area contributed by atoms with Gasteiger partial charge >= 0.3 is 0 Å². The van der Waals surface area contributed by atoms with E-state index in [-0.39, 0.29) is 5.56 Å². The van der Waals surface area contributed by atoms with Gasteiger partial charge in [-0.2, -0.15) is 0 Å². The topological polar surface area (TPSA) is 44.1 Å².